The number of hydrogen-bond donors (Lipinski definition) is 2. The van der Waals surface area contributed by atoms with Crippen molar-refractivity contribution in [2.45, 2.75) is 25.0 Å². The number of carbonyl (C=O) groups is 2. The van der Waals surface area contributed by atoms with Gasteiger partial charge in [-0.2, -0.15) is 23.5 Å². The Morgan fingerprint density at radius 3 is 2.17 bits per heavy atom. The van der Waals surface area contributed by atoms with Gasteiger partial charge in [-0.1, -0.05) is 30.3 Å². The molecule has 0 aliphatic heterocycles. The number of amides is 1. The topological polar surface area (TPSA) is 75.6 Å². The maximum atomic E-state index is 12.1. The molecule has 7 heteroatoms. The third-order valence-corrected chi connectivity index (χ3v) is 4.65. The standard InChI is InChI=1S/C16H23NO4S2/c1-22-10-8-16(14(18)19,9-11-23-2)17-15(20)21-12-13-6-4-3-5-7-13/h3-7H,8-12H2,1-2H3,(H,17,20)(H,18,19). The van der Waals surface area contributed by atoms with Crippen molar-refractivity contribution in [1.29, 1.82) is 0 Å². The monoisotopic (exact) mass is 357 g/mol. The van der Waals surface area contributed by atoms with Gasteiger partial charge in [0.25, 0.3) is 0 Å². The van der Waals surface area contributed by atoms with Gasteiger partial charge in [0.1, 0.15) is 12.1 Å². The molecule has 1 rings (SSSR count). The molecule has 0 spiro atoms. The zero-order chi connectivity index (χ0) is 17.1. The van der Waals surface area contributed by atoms with Crippen LogP contribution in [-0.4, -0.2) is 46.7 Å². The first-order valence-electron chi connectivity index (χ1n) is 7.24. The molecule has 0 aromatic heterocycles. The zero-order valence-electron chi connectivity index (χ0n) is 13.4. The lowest BCUT2D eigenvalue weighted by atomic mass is 9.93. The highest BCUT2D eigenvalue weighted by Crippen LogP contribution is 2.21. The molecule has 0 saturated carbocycles. The van der Waals surface area contributed by atoms with E-state index in [1.54, 1.807) is 23.5 Å². The van der Waals surface area contributed by atoms with Gasteiger partial charge in [-0.05, 0) is 42.4 Å². The van der Waals surface area contributed by atoms with Gasteiger partial charge in [0.15, 0.2) is 0 Å². The van der Waals surface area contributed by atoms with Gasteiger partial charge >= 0.3 is 12.1 Å². The van der Waals surface area contributed by atoms with Gasteiger partial charge in [0.05, 0.1) is 0 Å². The smallest absolute Gasteiger partial charge is 0.408 e. The molecule has 0 saturated heterocycles. The number of benzene rings is 1. The summed E-state index contributed by atoms with van der Waals surface area (Å²) in [7, 11) is 0. The normalized spacial score (nSPS) is 11.0. The van der Waals surface area contributed by atoms with E-state index >= 15 is 0 Å². The predicted octanol–water partition coefficient (Wildman–Crippen LogP) is 3.24. The van der Waals surface area contributed by atoms with Gasteiger partial charge in [-0.25, -0.2) is 9.59 Å². The number of nitrogens with one attached hydrogen (secondary N) is 1. The van der Waals surface area contributed by atoms with Crippen LogP contribution in [0, 0.1) is 0 Å². The minimum atomic E-state index is -1.28. The fourth-order valence-corrected chi connectivity index (χ4v) is 3.13. The van der Waals surface area contributed by atoms with Crippen LogP contribution in [0.5, 0.6) is 0 Å². The molecule has 0 bridgehead atoms. The van der Waals surface area contributed by atoms with E-state index in [0.717, 1.165) is 5.56 Å². The first-order valence-corrected chi connectivity index (χ1v) is 10.0. The van der Waals surface area contributed by atoms with Crippen LogP contribution in [0.3, 0.4) is 0 Å². The van der Waals surface area contributed by atoms with Crippen LogP contribution in [0.2, 0.25) is 0 Å². The third-order valence-electron chi connectivity index (χ3n) is 3.43. The number of aliphatic carboxylic acids is 1. The van der Waals surface area contributed by atoms with E-state index in [4.69, 9.17) is 4.74 Å². The van der Waals surface area contributed by atoms with Gasteiger partial charge in [0, 0.05) is 0 Å². The third kappa shape index (κ3) is 6.74. The molecule has 5 nitrogen and oxygen atoms in total. The lowest BCUT2D eigenvalue weighted by Gasteiger charge is -2.30. The summed E-state index contributed by atoms with van der Waals surface area (Å²) in [5, 5.41) is 12.2. The number of hydrogen-bond acceptors (Lipinski definition) is 5. The molecular weight excluding hydrogens is 334 g/mol. The first kappa shape index (κ1) is 19.7. The maximum absolute atomic E-state index is 12.1. The van der Waals surface area contributed by atoms with E-state index in [0.29, 0.717) is 24.3 Å². The Morgan fingerprint density at radius 1 is 1.13 bits per heavy atom. The summed E-state index contributed by atoms with van der Waals surface area (Å²) in [5.41, 5.74) is -0.420. The van der Waals surface area contributed by atoms with E-state index in [1.807, 2.05) is 42.8 Å². The molecule has 0 fully saturated rings. The highest BCUT2D eigenvalue weighted by Gasteiger charge is 2.39. The molecule has 0 heterocycles. The highest BCUT2D eigenvalue weighted by atomic mass is 32.2. The van der Waals surface area contributed by atoms with Crippen molar-refractivity contribution in [3.05, 3.63) is 35.9 Å². The number of carboxylic acids is 1. The first-order chi connectivity index (χ1) is 11.0. The number of carboxylic acid groups (broad SMARTS) is 1. The SMILES string of the molecule is CSCCC(CCSC)(NC(=O)OCc1ccccc1)C(=O)O. The van der Waals surface area contributed by atoms with Crippen LogP contribution < -0.4 is 5.32 Å². The lowest BCUT2D eigenvalue weighted by molar-refractivity contribution is -0.145. The maximum Gasteiger partial charge on any atom is 0.408 e. The van der Waals surface area contributed by atoms with Crippen molar-refractivity contribution in [1.82, 2.24) is 5.32 Å². The molecule has 128 valence electrons. The fourth-order valence-electron chi connectivity index (χ4n) is 2.02. The van der Waals surface area contributed by atoms with Crippen LogP contribution >= 0.6 is 23.5 Å². The Hall–Kier alpha value is -1.34. The van der Waals surface area contributed by atoms with Gasteiger partial charge in [0.2, 0.25) is 0 Å². The second kappa shape index (κ2) is 10.4. The fraction of sp³-hybridized carbons (Fsp3) is 0.500. The Morgan fingerprint density at radius 2 is 1.70 bits per heavy atom. The summed E-state index contributed by atoms with van der Waals surface area (Å²) in [6.45, 7) is 0.118. The largest absolute Gasteiger partial charge is 0.480 e. The van der Waals surface area contributed by atoms with Crippen LogP contribution in [0.4, 0.5) is 4.79 Å². The molecule has 0 aliphatic carbocycles. The number of rotatable bonds is 10. The van der Waals surface area contributed by atoms with Gasteiger partial charge in [-0.3, -0.25) is 0 Å². The lowest BCUT2D eigenvalue weighted by Crippen LogP contribution is -2.55. The summed E-state index contributed by atoms with van der Waals surface area (Å²) in [6.07, 6.45) is 3.86. The predicted molar refractivity (Wildman–Crippen MR) is 96.1 cm³/mol. The zero-order valence-corrected chi connectivity index (χ0v) is 15.0. The number of ether oxygens (including phenoxy) is 1. The molecule has 23 heavy (non-hydrogen) atoms. The number of thioether (sulfide) groups is 2. The van der Waals surface area contributed by atoms with E-state index < -0.39 is 17.6 Å². The van der Waals surface area contributed by atoms with Crippen LogP contribution in [0.1, 0.15) is 18.4 Å². The molecule has 0 radical (unpaired) electrons. The second-order valence-electron chi connectivity index (χ2n) is 5.06. The van der Waals surface area contributed by atoms with E-state index in [-0.39, 0.29) is 6.61 Å². The molecule has 2 N–H and O–H groups in total. The molecule has 1 aromatic rings. The molecule has 0 atom stereocenters. The van der Waals surface area contributed by atoms with Crippen molar-refractivity contribution >= 4 is 35.6 Å². The highest BCUT2D eigenvalue weighted by molar-refractivity contribution is 7.98. The Kier molecular flexibility index (Phi) is 8.94. The molecular formula is C16H23NO4S2. The minimum Gasteiger partial charge on any atom is -0.480 e. The number of carbonyl (C=O) groups excluding carboxylic acids is 1. The van der Waals surface area contributed by atoms with Gasteiger partial charge < -0.3 is 15.2 Å². The summed E-state index contributed by atoms with van der Waals surface area (Å²) in [5.74, 6) is 0.288. The van der Waals surface area contributed by atoms with Crippen molar-refractivity contribution < 1.29 is 19.4 Å². The molecule has 0 unspecified atom stereocenters. The van der Waals surface area contributed by atoms with E-state index in [9.17, 15) is 14.7 Å². The summed E-state index contributed by atoms with van der Waals surface area (Å²) in [4.78, 5) is 23.8. The quantitative estimate of drug-likeness (QED) is 0.669. The van der Waals surface area contributed by atoms with Crippen molar-refractivity contribution in [2.75, 3.05) is 24.0 Å². The molecule has 0 aliphatic rings. The van der Waals surface area contributed by atoms with Crippen molar-refractivity contribution in [3.63, 3.8) is 0 Å². The Balaban J connectivity index is 2.69. The van der Waals surface area contributed by atoms with Crippen LogP contribution in [0.25, 0.3) is 0 Å². The summed E-state index contributed by atoms with van der Waals surface area (Å²) >= 11 is 3.11. The number of alkyl carbamates (subject to hydrolysis) is 1. The van der Waals surface area contributed by atoms with Crippen LogP contribution in [0.15, 0.2) is 30.3 Å². The Labute approximate surface area is 145 Å². The van der Waals surface area contributed by atoms with E-state index in [1.165, 1.54) is 0 Å². The van der Waals surface area contributed by atoms with Crippen LogP contribution in [-0.2, 0) is 16.1 Å². The summed E-state index contributed by atoms with van der Waals surface area (Å²) < 4.78 is 5.17. The average Bonchev–Trinajstić information content (AvgIpc) is 2.56. The van der Waals surface area contributed by atoms with Crippen molar-refractivity contribution in [2.24, 2.45) is 0 Å². The Bertz CT molecular complexity index is 488. The van der Waals surface area contributed by atoms with Crippen molar-refractivity contribution in [3.8, 4) is 0 Å². The van der Waals surface area contributed by atoms with E-state index in [2.05, 4.69) is 5.32 Å². The molecule has 1 aromatic carbocycles. The average molecular weight is 357 g/mol. The van der Waals surface area contributed by atoms with Gasteiger partial charge in [-0.15, -0.1) is 0 Å². The second-order valence-corrected chi connectivity index (χ2v) is 7.03. The minimum absolute atomic E-state index is 0.118. The molecule has 1 amide bonds. The summed E-state index contributed by atoms with van der Waals surface area (Å²) in [6, 6.07) is 9.28.